The molecular formula is C17H20N6. The standard InChI is InChI=1S/C17H20N6/c1-2-16-19-20-17-13-21(10-11-22(16)17)12-14-4-6-15(7-5-14)23-9-3-8-18-23/h3-9H,2,10-13H2,1H3. The van der Waals surface area contributed by atoms with Gasteiger partial charge in [-0.25, -0.2) is 4.68 Å². The minimum Gasteiger partial charge on any atom is -0.313 e. The molecule has 2 aromatic heterocycles. The number of rotatable bonds is 4. The molecule has 0 amide bonds. The SMILES string of the molecule is CCc1nnc2n1CCN(Cc1ccc(-n3cccn3)cc1)C2. The zero-order valence-corrected chi connectivity index (χ0v) is 13.3. The molecule has 1 aliphatic heterocycles. The summed E-state index contributed by atoms with van der Waals surface area (Å²) in [5, 5.41) is 12.9. The van der Waals surface area contributed by atoms with E-state index in [1.807, 2.05) is 16.9 Å². The van der Waals surface area contributed by atoms with Crippen molar-refractivity contribution in [1.29, 1.82) is 0 Å². The van der Waals surface area contributed by atoms with Crippen LogP contribution in [0.5, 0.6) is 0 Å². The molecule has 1 aromatic carbocycles. The highest BCUT2D eigenvalue weighted by molar-refractivity contribution is 5.33. The molecule has 23 heavy (non-hydrogen) atoms. The molecule has 0 saturated carbocycles. The third-order valence-electron chi connectivity index (χ3n) is 4.34. The highest BCUT2D eigenvalue weighted by Gasteiger charge is 2.20. The lowest BCUT2D eigenvalue weighted by atomic mass is 10.2. The average molecular weight is 308 g/mol. The van der Waals surface area contributed by atoms with E-state index in [4.69, 9.17) is 0 Å². The zero-order valence-electron chi connectivity index (χ0n) is 13.3. The molecule has 118 valence electrons. The van der Waals surface area contributed by atoms with E-state index in [0.717, 1.165) is 49.9 Å². The summed E-state index contributed by atoms with van der Waals surface area (Å²) in [5.41, 5.74) is 2.40. The fourth-order valence-electron chi connectivity index (χ4n) is 3.10. The summed E-state index contributed by atoms with van der Waals surface area (Å²) in [6.45, 7) is 5.96. The molecule has 0 aliphatic carbocycles. The Kier molecular flexibility index (Phi) is 3.67. The Morgan fingerprint density at radius 3 is 2.70 bits per heavy atom. The smallest absolute Gasteiger partial charge is 0.147 e. The lowest BCUT2D eigenvalue weighted by Gasteiger charge is -2.27. The molecule has 0 spiro atoms. The van der Waals surface area contributed by atoms with Gasteiger partial charge in [0.25, 0.3) is 0 Å². The van der Waals surface area contributed by atoms with Gasteiger partial charge in [0, 0.05) is 38.4 Å². The predicted molar refractivity (Wildman–Crippen MR) is 87.1 cm³/mol. The predicted octanol–water partition coefficient (Wildman–Crippen LogP) is 2.04. The van der Waals surface area contributed by atoms with Gasteiger partial charge >= 0.3 is 0 Å². The van der Waals surface area contributed by atoms with Gasteiger partial charge in [-0.1, -0.05) is 19.1 Å². The molecule has 6 heteroatoms. The molecule has 0 radical (unpaired) electrons. The fourth-order valence-corrected chi connectivity index (χ4v) is 3.10. The number of hydrogen-bond acceptors (Lipinski definition) is 4. The third-order valence-corrected chi connectivity index (χ3v) is 4.34. The van der Waals surface area contributed by atoms with Crippen LogP contribution < -0.4 is 0 Å². The highest BCUT2D eigenvalue weighted by atomic mass is 15.3. The topological polar surface area (TPSA) is 51.8 Å². The van der Waals surface area contributed by atoms with E-state index in [-0.39, 0.29) is 0 Å². The molecule has 0 fully saturated rings. The molecular weight excluding hydrogens is 288 g/mol. The van der Waals surface area contributed by atoms with Crippen LogP contribution in [0.2, 0.25) is 0 Å². The lowest BCUT2D eigenvalue weighted by molar-refractivity contribution is 0.207. The maximum Gasteiger partial charge on any atom is 0.147 e. The van der Waals surface area contributed by atoms with Crippen molar-refractivity contribution in [3.05, 3.63) is 59.9 Å². The van der Waals surface area contributed by atoms with Crippen molar-refractivity contribution in [2.75, 3.05) is 6.54 Å². The van der Waals surface area contributed by atoms with Crippen molar-refractivity contribution in [1.82, 2.24) is 29.4 Å². The maximum absolute atomic E-state index is 4.33. The zero-order chi connectivity index (χ0) is 15.6. The molecule has 3 aromatic rings. The molecule has 4 rings (SSSR count). The van der Waals surface area contributed by atoms with Gasteiger partial charge < -0.3 is 4.57 Å². The van der Waals surface area contributed by atoms with E-state index in [2.05, 4.69) is 56.0 Å². The highest BCUT2D eigenvalue weighted by Crippen LogP contribution is 2.16. The number of hydrogen-bond donors (Lipinski definition) is 0. The Hall–Kier alpha value is -2.47. The van der Waals surface area contributed by atoms with Gasteiger partial charge in [0.05, 0.1) is 12.2 Å². The number of aryl methyl sites for hydroxylation is 1. The Bertz CT molecular complexity index is 772. The Morgan fingerprint density at radius 1 is 1.09 bits per heavy atom. The number of nitrogens with zero attached hydrogens (tertiary/aromatic N) is 6. The minimum atomic E-state index is 0.869. The first-order valence-electron chi connectivity index (χ1n) is 8.06. The van der Waals surface area contributed by atoms with Crippen LogP contribution in [0.15, 0.2) is 42.7 Å². The van der Waals surface area contributed by atoms with Gasteiger partial charge in [0.15, 0.2) is 0 Å². The molecule has 0 saturated heterocycles. The van der Waals surface area contributed by atoms with Crippen LogP contribution in [-0.2, 0) is 26.1 Å². The van der Waals surface area contributed by atoms with E-state index in [1.54, 1.807) is 6.20 Å². The first-order chi connectivity index (χ1) is 11.3. The molecule has 0 N–H and O–H groups in total. The average Bonchev–Trinajstić information content (AvgIpc) is 3.25. The van der Waals surface area contributed by atoms with Gasteiger partial charge in [-0.2, -0.15) is 5.10 Å². The van der Waals surface area contributed by atoms with Crippen LogP contribution in [0.1, 0.15) is 24.1 Å². The van der Waals surface area contributed by atoms with E-state index < -0.39 is 0 Å². The van der Waals surface area contributed by atoms with Gasteiger partial charge in [-0.15, -0.1) is 10.2 Å². The van der Waals surface area contributed by atoms with Crippen LogP contribution in [0.3, 0.4) is 0 Å². The summed E-state index contributed by atoms with van der Waals surface area (Å²) in [6, 6.07) is 10.5. The maximum atomic E-state index is 4.33. The normalized spacial score (nSPS) is 14.8. The number of aromatic nitrogens is 5. The van der Waals surface area contributed by atoms with E-state index in [1.165, 1.54) is 5.56 Å². The van der Waals surface area contributed by atoms with E-state index >= 15 is 0 Å². The first-order valence-corrected chi connectivity index (χ1v) is 8.06. The Balaban J connectivity index is 1.45. The van der Waals surface area contributed by atoms with Crippen molar-refractivity contribution in [2.45, 2.75) is 33.0 Å². The number of benzene rings is 1. The lowest BCUT2D eigenvalue weighted by Crippen LogP contribution is -2.33. The molecule has 0 unspecified atom stereocenters. The fraction of sp³-hybridized carbons (Fsp3) is 0.353. The summed E-state index contributed by atoms with van der Waals surface area (Å²) in [6.07, 6.45) is 4.70. The van der Waals surface area contributed by atoms with Gasteiger partial charge in [-0.3, -0.25) is 4.90 Å². The van der Waals surface area contributed by atoms with Gasteiger partial charge in [-0.05, 0) is 23.8 Å². The molecule has 3 heterocycles. The monoisotopic (exact) mass is 308 g/mol. The van der Waals surface area contributed by atoms with Crippen molar-refractivity contribution in [3.8, 4) is 5.69 Å². The van der Waals surface area contributed by atoms with Crippen LogP contribution in [-0.4, -0.2) is 36.0 Å². The van der Waals surface area contributed by atoms with E-state index in [9.17, 15) is 0 Å². The second-order valence-corrected chi connectivity index (χ2v) is 5.87. The van der Waals surface area contributed by atoms with Crippen molar-refractivity contribution in [3.63, 3.8) is 0 Å². The molecule has 0 bridgehead atoms. The largest absolute Gasteiger partial charge is 0.313 e. The minimum absolute atomic E-state index is 0.869. The van der Waals surface area contributed by atoms with Crippen LogP contribution in [0, 0.1) is 0 Å². The molecule has 1 aliphatic rings. The summed E-state index contributed by atoms with van der Waals surface area (Å²) >= 11 is 0. The van der Waals surface area contributed by atoms with Crippen LogP contribution in [0.4, 0.5) is 0 Å². The Labute approximate surface area is 135 Å². The van der Waals surface area contributed by atoms with Crippen LogP contribution >= 0.6 is 0 Å². The second kappa shape index (κ2) is 5.96. The number of fused-ring (bicyclic) bond motifs is 1. The van der Waals surface area contributed by atoms with Gasteiger partial charge in [0.1, 0.15) is 11.6 Å². The van der Waals surface area contributed by atoms with Crippen molar-refractivity contribution in [2.24, 2.45) is 0 Å². The Morgan fingerprint density at radius 2 is 1.96 bits per heavy atom. The summed E-state index contributed by atoms with van der Waals surface area (Å²) in [4.78, 5) is 2.42. The van der Waals surface area contributed by atoms with Crippen molar-refractivity contribution >= 4 is 0 Å². The first kappa shape index (κ1) is 14.1. The second-order valence-electron chi connectivity index (χ2n) is 5.87. The van der Waals surface area contributed by atoms with Gasteiger partial charge in [0.2, 0.25) is 0 Å². The quantitative estimate of drug-likeness (QED) is 0.740. The summed E-state index contributed by atoms with van der Waals surface area (Å²) < 4.78 is 4.14. The van der Waals surface area contributed by atoms with Crippen LogP contribution in [0.25, 0.3) is 5.69 Å². The summed E-state index contributed by atoms with van der Waals surface area (Å²) in [5.74, 6) is 2.18. The third kappa shape index (κ3) is 2.77. The van der Waals surface area contributed by atoms with E-state index in [0.29, 0.717) is 0 Å². The molecule has 6 nitrogen and oxygen atoms in total. The molecule has 0 atom stereocenters. The summed E-state index contributed by atoms with van der Waals surface area (Å²) in [7, 11) is 0. The van der Waals surface area contributed by atoms with Crippen molar-refractivity contribution < 1.29 is 0 Å².